The second kappa shape index (κ2) is 11.9. The van der Waals surface area contributed by atoms with Crippen molar-refractivity contribution >= 4 is 6.41 Å². The molecule has 152 valence electrons. The van der Waals surface area contributed by atoms with Gasteiger partial charge in [0.2, 0.25) is 6.41 Å². The molecule has 5 heteroatoms. The lowest BCUT2D eigenvalue weighted by Gasteiger charge is -2.27. The van der Waals surface area contributed by atoms with E-state index in [-0.39, 0.29) is 6.10 Å². The van der Waals surface area contributed by atoms with Crippen LogP contribution < -0.4 is 14.8 Å². The van der Waals surface area contributed by atoms with E-state index in [2.05, 4.69) is 17.4 Å². The molecule has 0 bridgehead atoms. The molecule has 2 N–H and O–H groups in total. The molecule has 5 nitrogen and oxygen atoms in total. The molecule has 1 heterocycles. The minimum absolute atomic E-state index is 0.167. The molecular weight excluding hydrogens is 342 g/mol. The van der Waals surface area contributed by atoms with Crippen molar-refractivity contribution in [1.29, 1.82) is 0 Å². The van der Waals surface area contributed by atoms with Gasteiger partial charge in [-0.3, -0.25) is 4.79 Å². The normalized spacial score (nSPS) is 18.7. The molecular formula is C22H35NO4. The zero-order chi connectivity index (χ0) is 19.5. The highest BCUT2D eigenvalue weighted by Crippen LogP contribution is 2.37. The van der Waals surface area contributed by atoms with Crippen molar-refractivity contribution in [3.05, 3.63) is 23.8 Å². The average Bonchev–Trinajstić information content (AvgIpc) is 3.09. The lowest BCUT2D eigenvalue weighted by atomic mass is 9.96. The summed E-state index contributed by atoms with van der Waals surface area (Å²) in [7, 11) is 0. The summed E-state index contributed by atoms with van der Waals surface area (Å²) in [6, 6.07) is 6.68. The topological polar surface area (TPSA) is 67.8 Å². The van der Waals surface area contributed by atoms with Crippen molar-refractivity contribution in [1.82, 2.24) is 5.32 Å². The fraction of sp³-hybridized carbons (Fsp3) is 0.682. The fourth-order valence-electron chi connectivity index (χ4n) is 3.31. The summed E-state index contributed by atoms with van der Waals surface area (Å²) >= 11 is 0. The zero-order valence-electron chi connectivity index (χ0n) is 16.8. The maximum absolute atomic E-state index is 9.96. The van der Waals surface area contributed by atoms with E-state index in [4.69, 9.17) is 14.6 Å². The largest absolute Gasteiger partial charge is 0.489 e. The van der Waals surface area contributed by atoms with Gasteiger partial charge < -0.3 is 19.9 Å². The standard InChI is InChI=1S/C12H14O2.C7H13NO.C3H8O/c1-3-9-7-8-13-12(9)11(6-1)14-10-4-2-5-10;9-6-8-7-4-2-1-3-5-7;1-3(2)4/h1,3,6,10H,2,4-5,7-8H2;6-7H,1-5H2,(H,8,9);3-4H,1-2H3. The molecule has 0 radical (unpaired) electrons. The Labute approximate surface area is 163 Å². The Morgan fingerprint density at radius 2 is 1.85 bits per heavy atom. The Morgan fingerprint density at radius 1 is 1.15 bits per heavy atom. The Kier molecular flexibility index (Phi) is 9.46. The summed E-state index contributed by atoms with van der Waals surface area (Å²) < 4.78 is 11.4. The molecule has 27 heavy (non-hydrogen) atoms. The van der Waals surface area contributed by atoms with E-state index in [0.717, 1.165) is 30.9 Å². The number of benzene rings is 1. The van der Waals surface area contributed by atoms with E-state index in [9.17, 15) is 4.79 Å². The second-order valence-corrected chi connectivity index (χ2v) is 7.73. The van der Waals surface area contributed by atoms with E-state index in [1.54, 1.807) is 13.8 Å². The molecule has 2 fully saturated rings. The predicted molar refractivity (Wildman–Crippen MR) is 107 cm³/mol. The van der Waals surface area contributed by atoms with E-state index >= 15 is 0 Å². The fourth-order valence-corrected chi connectivity index (χ4v) is 3.31. The Balaban J connectivity index is 0.000000174. The van der Waals surface area contributed by atoms with Crippen LogP contribution >= 0.6 is 0 Å². The van der Waals surface area contributed by atoms with Crippen molar-refractivity contribution in [3.8, 4) is 11.5 Å². The summed E-state index contributed by atoms with van der Waals surface area (Å²) in [4.78, 5) is 9.96. The number of fused-ring (bicyclic) bond motifs is 1. The van der Waals surface area contributed by atoms with Gasteiger partial charge in [-0.05, 0) is 52.0 Å². The van der Waals surface area contributed by atoms with Gasteiger partial charge in [-0.15, -0.1) is 0 Å². The molecule has 1 aliphatic heterocycles. The van der Waals surface area contributed by atoms with E-state index < -0.39 is 0 Å². The van der Waals surface area contributed by atoms with E-state index in [1.165, 1.54) is 56.9 Å². The van der Waals surface area contributed by atoms with Crippen LogP contribution in [0, 0.1) is 0 Å². The van der Waals surface area contributed by atoms with Crippen LogP contribution in [0.2, 0.25) is 0 Å². The molecule has 2 saturated carbocycles. The average molecular weight is 378 g/mol. The first kappa shape index (κ1) is 21.5. The summed E-state index contributed by atoms with van der Waals surface area (Å²) in [5, 5.41) is 10.9. The smallest absolute Gasteiger partial charge is 0.207 e. The third-order valence-electron chi connectivity index (χ3n) is 4.93. The number of ether oxygens (including phenoxy) is 2. The Morgan fingerprint density at radius 3 is 2.44 bits per heavy atom. The maximum Gasteiger partial charge on any atom is 0.207 e. The maximum atomic E-state index is 9.96. The van der Waals surface area contributed by atoms with Gasteiger partial charge in [0, 0.05) is 24.1 Å². The molecule has 0 saturated heterocycles. The minimum atomic E-state index is -0.167. The molecule has 2 aliphatic carbocycles. The zero-order valence-corrected chi connectivity index (χ0v) is 16.8. The number of nitrogens with one attached hydrogen (secondary N) is 1. The van der Waals surface area contributed by atoms with Crippen LogP contribution in [0.25, 0.3) is 0 Å². The summed E-state index contributed by atoms with van der Waals surface area (Å²) in [5.41, 5.74) is 1.29. The van der Waals surface area contributed by atoms with Gasteiger partial charge in [0.05, 0.1) is 12.7 Å². The number of hydrogen-bond donors (Lipinski definition) is 2. The van der Waals surface area contributed by atoms with Gasteiger partial charge in [-0.1, -0.05) is 31.4 Å². The van der Waals surface area contributed by atoms with Crippen LogP contribution in [-0.2, 0) is 11.2 Å². The molecule has 4 rings (SSSR count). The van der Waals surface area contributed by atoms with Gasteiger partial charge in [-0.2, -0.15) is 0 Å². The highest BCUT2D eigenvalue weighted by molar-refractivity contribution is 5.48. The number of para-hydroxylation sites is 1. The number of hydrogen-bond acceptors (Lipinski definition) is 4. The van der Waals surface area contributed by atoms with E-state index in [1.807, 2.05) is 6.07 Å². The monoisotopic (exact) mass is 377 g/mol. The first-order valence-corrected chi connectivity index (χ1v) is 10.4. The molecule has 1 amide bonds. The summed E-state index contributed by atoms with van der Waals surface area (Å²) in [5.74, 6) is 1.93. The Bertz CT molecular complexity index is 548. The van der Waals surface area contributed by atoms with Crippen LogP contribution in [0.1, 0.15) is 70.8 Å². The number of carbonyl (C=O) groups excluding carboxylic acids is 1. The van der Waals surface area contributed by atoms with Crippen molar-refractivity contribution < 1.29 is 19.4 Å². The predicted octanol–water partition coefficient (Wildman–Crippen LogP) is 4.01. The van der Waals surface area contributed by atoms with Crippen LogP contribution in [0.15, 0.2) is 18.2 Å². The minimum Gasteiger partial charge on any atom is -0.489 e. The first-order valence-electron chi connectivity index (χ1n) is 10.4. The van der Waals surface area contributed by atoms with Crippen LogP contribution in [-0.4, -0.2) is 36.4 Å². The molecule has 0 atom stereocenters. The molecule has 0 spiro atoms. The number of carbonyl (C=O) groups is 1. The quantitative estimate of drug-likeness (QED) is 0.778. The highest BCUT2D eigenvalue weighted by atomic mass is 16.5. The first-order chi connectivity index (χ1) is 13.1. The van der Waals surface area contributed by atoms with Gasteiger partial charge in [-0.25, -0.2) is 0 Å². The van der Waals surface area contributed by atoms with Crippen LogP contribution in [0.5, 0.6) is 11.5 Å². The lowest BCUT2D eigenvalue weighted by molar-refractivity contribution is -0.110. The SMILES string of the molecule is CC(C)O.O=CNC1CCCCC1.c1cc2c(c(OC3CCC3)c1)OCC2. The van der Waals surface area contributed by atoms with Crippen molar-refractivity contribution in [2.75, 3.05) is 6.61 Å². The van der Waals surface area contributed by atoms with Crippen molar-refractivity contribution in [2.24, 2.45) is 0 Å². The number of rotatable bonds is 4. The lowest BCUT2D eigenvalue weighted by Crippen LogP contribution is -2.29. The molecule has 1 aromatic rings. The molecule has 0 unspecified atom stereocenters. The molecule has 3 aliphatic rings. The highest BCUT2D eigenvalue weighted by Gasteiger charge is 2.23. The third kappa shape index (κ3) is 7.79. The van der Waals surface area contributed by atoms with Gasteiger partial charge in [0.25, 0.3) is 0 Å². The van der Waals surface area contributed by atoms with Gasteiger partial charge in [0.1, 0.15) is 0 Å². The van der Waals surface area contributed by atoms with Crippen molar-refractivity contribution in [2.45, 2.75) is 89.9 Å². The second-order valence-electron chi connectivity index (χ2n) is 7.73. The molecule has 0 aromatic heterocycles. The number of aliphatic hydroxyl groups excluding tert-OH is 1. The number of aliphatic hydroxyl groups is 1. The summed E-state index contributed by atoms with van der Waals surface area (Å²) in [6.45, 7) is 4.25. The van der Waals surface area contributed by atoms with E-state index in [0.29, 0.717) is 12.1 Å². The third-order valence-corrected chi connectivity index (χ3v) is 4.93. The summed E-state index contributed by atoms with van der Waals surface area (Å²) in [6.07, 6.45) is 12.1. The molecule has 1 aromatic carbocycles. The number of amides is 1. The Hall–Kier alpha value is -1.75. The van der Waals surface area contributed by atoms with Gasteiger partial charge >= 0.3 is 0 Å². The van der Waals surface area contributed by atoms with Gasteiger partial charge in [0.15, 0.2) is 11.5 Å². The van der Waals surface area contributed by atoms with Crippen LogP contribution in [0.3, 0.4) is 0 Å². The van der Waals surface area contributed by atoms with Crippen molar-refractivity contribution in [3.63, 3.8) is 0 Å². The van der Waals surface area contributed by atoms with Crippen LogP contribution in [0.4, 0.5) is 0 Å².